The Bertz CT molecular complexity index is 1230. The Morgan fingerprint density at radius 1 is 1.28 bits per heavy atom. The van der Waals surface area contributed by atoms with E-state index in [0.717, 1.165) is 12.8 Å². The SMILES string of the molecule is CC(=O)OCC1(C)C2C[C@H](O)[C@@]3(C)Oc4cc(-c5cccnc5)oc(=O)c4C(O)C3[C@@]2(C)CC[C@@H]1C. The van der Waals surface area contributed by atoms with Crippen molar-refractivity contribution >= 4 is 5.97 Å². The van der Waals surface area contributed by atoms with Gasteiger partial charge in [0.25, 0.3) is 0 Å². The van der Waals surface area contributed by atoms with Gasteiger partial charge in [-0.25, -0.2) is 4.79 Å². The molecule has 4 unspecified atom stereocenters. The van der Waals surface area contributed by atoms with Gasteiger partial charge in [-0.3, -0.25) is 9.78 Å². The molecule has 0 aromatic carbocycles. The van der Waals surface area contributed by atoms with Crippen LogP contribution >= 0.6 is 0 Å². The summed E-state index contributed by atoms with van der Waals surface area (Å²) in [4.78, 5) is 29.0. The number of nitrogens with zero attached hydrogens (tertiary/aromatic N) is 1. The first-order valence-corrected chi connectivity index (χ1v) is 12.7. The second kappa shape index (κ2) is 8.42. The third-order valence-corrected chi connectivity index (χ3v) is 9.71. The summed E-state index contributed by atoms with van der Waals surface area (Å²) in [5, 5.41) is 23.3. The van der Waals surface area contributed by atoms with Crippen LogP contribution in [-0.2, 0) is 9.53 Å². The fourth-order valence-electron chi connectivity index (χ4n) is 7.55. The largest absolute Gasteiger partial charge is 0.484 e. The maximum Gasteiger partial charge on any atom is 0.345 e. The van der Waals surface area contributed by atoms with E-state index in [2.05, 4.69) is 25.8 Å². The average Bonchev–Trinajstić information content (AvgIpc) is 2.82. The zero-order chi connectivity index (χ0) is 26.0. The molecule has 5 rings (SSSR count). The van der Waals surface area contributed by atoms with E-state index in [1.54, 1.807) is 30.6 Å². The minimum absolute atomic E-state index is 0.0670. The summed E-state index contributed by atoms with van der Waals surface area (Å²) >= 11 is 0. The monoisotopic (exact) mass is 497 g/mol. The number of hydrogen-bond acceptors (Lipinski definition) is 8. The standard InChI is InChI=1S/C28H35NO7/c1-15-8-9-26(3)20(27(15,4)14-34-16(2)30)12-21(31)28(5)24(26)23(32)22-19(36-28)11-18(35-25(22)33)17-7-6-10-29-13-17/h6-7,10-11,13,15,20-21,23-24,31-32H,8-9,12,14H2,1-5H3/t15-,20?,21-,23?,24?,26-,27?,28+/m0/s1. The molecule has 8 atom stereocenters. The highest BCUT2D eigenvalue weighted by atomic mass is 16.5. The van der Waals surface area contributed by atoms with Crippen LogP contribution in [0.1, 0.15) is 65.5 Å². The molecule has 8 nitrogen and oxygen atoms in total. The van der Waals surface area contributed by atoms with Gasteiger partial charge in [0.1, 0.15) is 22.7 Å². The van der Waals surface area contributed by atoms with E-state index in [-0.39, 0.29) is 41.5 Å². The highest BCUT2D eigenvalue weighted by molar-refractivity contribution is 5.66. The normalized spacial score (nSPS) is 39.2. The summed E-state index contributed by atoms with van der Waals surface area (Å²) in [6.07, 6.45) is 3.21. The highest BCUT2D eigenvalue weighted by Gasteiger charge is 2.68. The molecule has 0 bridgehead atoms. The van der Waals surface area contributed by atoms with E-state index in [9.17, 15) is 19.8 Å². The minimum atomic E-state index is -1.19. The van der Waals surface area contributed by atoms with Crippen LogP contribution in [0.15, 0.2) is 39.8 Å². The van der Waals surface area contributed by atoms with Crippen molar-refractivity contribution in [3.8, 4) is 17.1 Å². The highest BCUT2D eigenvalue weighted by Crippen LogP contribution is 2.67. The van der Waals surface area contributed by atoms with Crippen LogP contribution in [0, 0.1) is 28.6 Å². The van der Waals surface area contributed by atoms with Crippen molar-refractivity contribution in [2.75, 3.05) is 6.61 Å². The second-order valence-corrected chi connectivity index (χ2v) is 11.7. The lowest BCUT2D eigenvalue weighted by molar-refractivity contribution is -0.257. The van der Waals surface area contributed by atoms with Gasteiger partial charge >= 0.3 is 11.6 Å². The van der Waals surface area contributed by atoms with Crippen molar-refractivity contribution in [3.05, 3.63) is 46.6 Å². The van der Waals surface area contributed by atoms with E-state index >= 15 is 0 Å². The van der Waals surface area contributed by atoms with Crippen LogP contribution < -0.4 is 10.4 Å². The number of hydrogen-bond donors (Lipinski definition) is 2. The fourth-order valence-corrected chi connectivity index (χ4v) is 7.55. The Labute approximate surface area is 210 Å². The molecule has 0 spiro atoms. The van der Waals surface area contributed by atoms with E-state index in [1.807, 2.05) is 6.92 Å². The molecule has 8 heteroatoms. The first kappa shape index (κ1) is 25.0. The van der Waals surface area contributed by atoms with Crippen LogP contribution in [0.5, 0.6) is 5.75 Å². The summed E-state index contributed by atoms with van der Waals surface area (Å²) < 4.78 is 17.6. The van der Waals surface area contributed by atoms with E-state index in [0.29, 0.717) is 12.0 Å². The molecule has 2 aliphatic carbocycles. The zero-order valence-corrected chi connectivity index (χ0v) is 21.5. The summed E-state index contributed by atoms with van der Waals surface area (Å²) in [6, 6.07) is 5.12. The van der Waals surface area contributed by atoms with Crippen LogP contribution in [0.2, 0.25) is 0 Å². The second-order valence-electron chi connectivity index (χ2n) is 11.7. The van der Waals surface area contributed by atoms with Crippen LogP contribution in [0.3, 0.4) is 0 Å². The zero-order valence-electron chi connectivity index (χ0n) is 21.5. The third kappa shape index (κ3) is 3.52. The van der Waals surface area contributed by atoms with Gasteiger partial charge in [-0.15, -0.1) is 0 Å². The number of ether oxygens (including phenoxy) is 2. The molecule has 3 heterocycles. The number of aliphatic hydroxyl groups excluding tert-OH is 2. The molecule has 0 saturated heterocycles. The lowest BCUT2D eigenvalue weighted by atomic mass is 9.41. The number of rotatable bonds is 3. The predicted molar refractivity (Wildman–Crippen MR) is 131 cm³/mol. The maximum absolute atomic E-state index is 13.2. The van der Waals surface area contributed by atoms with E-state index < -0.39 is 40.2 Å². The Balaban J connectivity index is 1.61. The third-order valence-electron chi connectivity index (χ3n) is 9.71. The van der Waals surface area contributed by atoms with E-state index in [1.165, 1.54) is 6.92 Å². The molecular formula is C28H35NO7. The molecule has 2 fully saturated rings. The van der Waals surface area contributed by atoms with Gasteiger partial charge < -0.3 is 24.1 Å². The number of fused-ring (bicyclic) bond motifs is 4. The Morgan fingerprint density at radius 3 is 2.69 bits per heavy atom. The predicted octanol–water partition coefficient (Wildman–Crippen LogP) is 3.89. The van der Waals surface area contributed by atoms with Gasteiger partial charge in [0.2, 0.25) is 0 Å². The number of esters is 1. The molecule has 0 radical (unpaired) electrons. The molecule has 36 heavy (non-hydrogen) atoms. The number of pyridine rings is 1. The van der Waals surface area contributed by atoms with Crippen molar-refractivity contribution in [2.24, 2.45) is 28.6 Å². The lowest BCUT2D eigenvalue weighted by Gasteiger charge is -2.66. The summed E-state index contributed by atoms with van der Waals surface area (Å²) in [7, 11) is 0. The van der Waals surface area contributed by atoms with Gasteiger partial charge in [0.15, 0.2) is 0 Å². The number of carbonyl (C=O) groups excluding carboxylic acids is 1. The number of aromatic nitrogens is 1. The van der Waals surface area contributed by atoms with Gasteiger partial charge in [-0.1, -0.05) is 20.8 Å². The van der Waals surface area contributed by atoms with Crippen LogP contribution in [-0.4, -0.2) is 39.5 Å². The lowest BCUT2D eigenvalue weighted by Crippen LogP contribution is -2.70. The number of aliphatic hydroxyl groups is 2. The Morgan fingerprint density at radius 2 is 2.03 bits per heavy atom. The molecule has 2 N–H and O–H groups in total. The summed E-state index contributed by atoms with van der Waals surface area (Å²) in [5.74, 6) is -0.216. The Kier molecular flexibility index (Phi) is 5.84. The van der Waals surface area contributed by atoms with Crippen molar-refractivity contribution < 1.29 is 28.9 Å². The van der Waals surface area contributed by atoms with Crippen molar-refractivity contribution in [3.63, 3.8) is 0 Å². The van der Waals surface area contributed by atoms with Gasteiger partial charge in [0, 0.05) is 42.3 Å². The average molecular weight is 498 g/mol. The first-order valence-electron chi connectivity index (χ1n) is 12.7. The van der Waals surface area contributed by atoms with Crippen LogP contribution in [0.25, 0.3) is 11.3 Å². The molecular weight excluding hydrogens is 462 g/mol. The van der Waals surface area contributed by atoms with Crippen molar-refractivity contribution in [1.29, 1.82) is 0 Å². The molecule has 2 aromatic rings. The van der Waals surface area contributed by atoms with Crippen molar-refractivity contribution in [2.45, 2.75) is 71.7 Å². The first-order chi connectivity index (χ1) is 16.9. The minimum Gasteiger partial charge on any atom is -0.484 e. The van der Waals surface area contributed by atoms with Gasteiger partial charge in [0.05, 0.1) is 18.8 Å². The quantitative estimate of drug-likeness (QED) is 0.613. The summed E-state index contributed by atoms with van der Waals surface area (Å²) in [5.41, 5.74) is -1.98. The van der Waals surface area contributed by atoms with Crippen LogP contribution in [0.4, 0.5) is 0 Å². The molecule has 2 saturated carbocycles. The molecule has 3 aliphatic rings. The summed E-state index contributed by atoms with van der Waals surface area (Å²) in [6.45, 7) is 9.85. The van der Waals surface area contributed by atoms with Gasteiger partial charge in [-0.05, 0) is 55.6 Å². The van der Waals surface area contributed by atoms with E-state index in [4.69, 9.17) is 13.9 Å². The fraction of sp³-hybridized carbons (Fsp3) is 0.607. The maximum atomic E-state index is 13.2. The van der Waals surface area contributed by atoms with Crippen molar-refractivity contribution in [1.82, 2.24) is 4.98 Å². The Hall–Kier alpha value is -2.71. The molecule has 0 amide bonds. The van der Waals surface area contributed by atoms with Gasteiger partial charge in [-0.2, -0.15) is 0 Å². The topological polar surface area (TPSA) is 119 Å². The smallest absolute Gasteiger partial charge is 0.345 e. The molecule has 1 aliphatic heterocycles. The number of carbonyl (C=O) groups is 1. The molecule has 2 aromatic heterocycles. The molecule has 194 valence electrons.